The molecule has 67 heavy (non-hydrogen) atoms. The van der Waals surface area contributed by atoms with Crippen LogP contribution in [-0.2, 0) is 33.2 Å². The minimum atomic E-state index is -0.120. The van der Waals surface area contributed by atoms with Crippen LogP contribution in [0.4, 0.5) is 0 Å². The molecule has 2 N–H and O–H groups in total. The van der Waals surface area contributed by atoms with Gasteiger partial charge in [0.15, 0.2) is 0 Å². The average Bonchev–Trinajstić information content (AvgIpc) is 3.33. The Balaban J connectivity index is 4.80. The summed E-state index contributed by atoms with van der Waals surface area (Å²) in [6, 6.07) is 0. The average molecular weight is 952 g/mol. The van der Waals surface area contributed by atoms with Crippen LogP contribution in [0.2, 0.25) is 0 Å². The van der Waals surface area contributed by atoms with Crippen molar-refractivity contribution in [3.8, 4) is 0 Å². The van der Waals surface area contributed by atoms with Gasteiger partial charge in [0.25, 0.3) is 0 Å². The lowest BCUT2D eigenvalue weighted by molar-refractivity contribution is -0.135. The van der Waals surface area contributed by atoms with Gasteiger partial charge in [-0.2, -0.15) is 0 Å². The van der Waals surface area contributed by atoms with Gasteiger partial charge in [0.05, 0.1) is 72.0 Å². The van der Waals surface area contributed by atoms with Gasteiger partial charge >= 0.3 is 0 Å². The van der Waals surface area contributed by atoms with Crippen LogP contribution in [0.1, 0.15) is 245 Å². The summed E-state index contributed by atoms with van der Waals surface area (Å²) in [7, 11) is 0. The van der Waals surface area contributed by atoms with Crippen molar-refractivity contribution in [3.63, 3.8) is 0 Å². The summed E-state index contributed by atoms with van der Waals surface area (Å²) in [5.41, 5.74) is 5.43. The molecule has 9 nitrogen and oxygen atoms in total. The van der Waals surface area contributed by atoms with Crippen LogP contribution in [0.15, 0.2) is 24.3 Å². The van der Waals surface area contributed by atoms with Gasteiger partial charge < -0.3 is 39.1 Å². The van der Waals surface area contributed by atoms with Gasteiger partial charge in [0.2, 0.25) is 5.91 Å². The molecule has 0 rings (SSSR count). The van der Waals surface area contributed by atoms with Crippen LogP contribution < -0.4 is 5.73 Å². The Morgan fingerprint density at radius 2 is 0.761 bits per heavy atom. The number of nitrogens with two attached hydrogens (primary N) is 1. The maximum absolute atomic E-state index is 13.7. The number of carbonyl (C=O) groups is 1. The monoisotopic (exact) mass is 951 g/mol. The van der Waals surface area contributed by atoms with E-state index in [1.54, 1.807) is 0 Å². The van der Waals surface area contributed by atoms with Crippen molar-refractivity contribution in [1.29, 1.82) is 0 Å². The molecule has 1 atom stereocenters. The van der Waals surface area contributed by atoms with Crippen molar-refractivity contribution in [2.45, 2.75) is 252 Å². The van der Waals surface area contributed by atoms with Gasteiger partial charge in [0, 0.05) is 32.8 Å². The van der Waals surface area contributed by atoms with Crippen molar-refractivity contribution in [3.05, 3.63) is 24.3 Å². The normalized spacial score (nSPS) is 12.4. The first-order valence-corrected chi connectivity index (χ1v) is 29.0. The van der Waals surface area contributed by atoms with E-state index in [1.165, 1.54) is 193 Å². The lowest BCUT2D eigenvalue weighted by Gasteiger charge is -2.28. The molecule has 9 heteroatoms. The molecule has 0 aromatic rings. The Bertz CT molecular complexity index is 998. The number of allylic oxidation sites excluding steroid dienone is 4. The highest BCUT2D eigenvalue weighted by Crippen LogP contribution is 2.14. The molecule has 0 bridgehead atoms. The standard InChI is InChI=1S/C58H114N2O7/c1-4-7-10-13-16-18-20-22-24-26-28-30-32-34-37-40-45-66-56-57(67-46-41-38-35-33-31-29-27-25-23-21-19-17-14-11-8-5-2)55-60(44-39-36-15-12-9-6-3)58(61)42-47-62-49-51-64-53-54-65-52-50-63-48-43-59/h22-25,57H,4-21,26-56,59H2,1-3H3/b24-22-,25-23-. The quantitative estimate of drug-likeness (QED) is 0.0475. The predicted molar refractivity (Wildman–Crippen MR) is 286 cm³/mol. The summed E-state index contributed by atoms with van der Waals surface area (Å²) in [6.45, 7) is 14.7. The van der Waals surface area contributed by atoms with E-state index in [0.717, 1.165) is 45.4 Å². The number of hydrogen-bond acceptors (Lipinski definition) is 8. The second kappa shape index (κ2) is 59.0. The molecule has 0 saturated heterocycles. The molecule has 0 aliphatic rings. The number of ether oxygens (including phenoxy) is 6. The Morgan fingerprint density at radius 3 is 1.19 bits per heavy atom. The second-order valence-electron chi connectivity index (χ2n) is 19.0. The van der Waals surface area contributed by atoms with Crippen molar-refractivity contribution < 1.29 is 33.2 Å². The SMILES string of the molecule is CCCCCCCC/C=C\CCCCCCCCOCC(CN(CCCCCCCC)C(=O)CCOCCOCCOCCOCCN)OCCCCCCCC/C=C\CCCCCCCC. The Hall–Kier alpha value is -1.33. The largest absolute Gasteiger partial charge is 0.379 e. The number of amides is 1. The van der Waals surface area contributed by atoms with Crippen molar-refractivity contribution in [2.75, 3.05) is 92.3 Å². The third kappa shape index (κ3) is 53.9. The van der Waals surface area contributed by atoms with Crippen LogP contribution in [0.5, 0.6) is 0 Å². The number of unbranched alkanes of at least 4 members (excludes halogenated alkanes) is 29. The number of carbonyl (C=O) groups excluding carboxylic acids is 1. The lowest BCUT2D eigenvalue weighted by atomic mass is 10.1. The van der Waals surface area contributed by atoms with E-state index in [-0.39, 0.29) is 12.0 Å². The number of rotatable bonds is 58. The summed E-state index contributed by atoms with van der Waals surface area (Å²) in [5, 5.41) is 0. The highest BCUT2D eigenvalue weighted by Gasteiger charge is 2.20. The maximum atomic E-state index is 13.7. The third-order valence-electron chi connectivity index (χ3n) is 12.5. The van der Waals surface area contributed by atoms with E-state index in [4.69, 9.17) is 34.2 Å². The molecule has 0 aromatic heterocycles. The van der Waals surface area contributed by atoms with E-state index in [0.29, 0.717) is 79.0 Å². The fraction of sp³-hybridized carbons (Fsp3) is 0.914. The highest BCUT2D eigenvalue weighted by atomic mass is 16.6. The van der Waals surface area contributed by atoms with Crippen molar-refractivity contribution >= 4 is 5.91 Å². The summed E-state index contributed by atoms with van der Waals surface area (Å²) < 4.78 is 35.1. The number of hydrogen-bond donors (Lipinski definition) is 1. The Kier molecular flexibility index (Phi) is 57.8. The summed E-state index contributed by atoms with van der Waals surface area (Å²) in [5.74, 6) is 0.138. The van der Waals surface area contributed by atoms with Crippen LogP contribution in [0.25, 0.3) is 0 Å². The molecule has 0 aliphatic heterocycles. The van der Waals surface area contributed by atoms with E-state index in [2.05, 4.69) is 45.1 Å². The molecule has 0 aromatic carbocycles. The van der Waals surface area contributed by atoms with Crippen molar-refractivity contribution in [1.82, 2.24) is 4.90 Å². The van der Waals surface area contributed by atoms with Crippen LogP contribution in [0.3, 0.4) is 0 Å². The first kappa shape index (κ1) is 65.7. The smallest absolute Gasteiger partial charge is 0.224 e. The molecule has 0 spiro atoms. The lowest BCUT2D eigenvalue weighted by Crippen LogP contribution is -2.41. The first-order valence-electron chi connectivity index (χ1n) is 29.0. The second-order valence-corrected chi connectivity index (χ2v) is 19.0. The molecular weight excluding hydrogens is 837 g/mol. The Morgan fingerprint density at radius 1 is 0.403 bits per heavy atom. The minimum absolute atomic E-state index is 0.120. The fourth-order valence-electron chi connectivity index (χ4n) is 8.23. The molecular formula is C58H114N2O7. The summed E-state index contributed by atoms with van der Waals surface area (Å²) in [4.78, 5) is 15.7. The first-order chi connectivity index (χ1) is 33.2. The zero-order chi connectivity index (χ0) is 48.5. The van der Waals surface area contributed by atoms with Gasteiger partial charge in [-0.15, -0.1) is 0 Å². The maximum Gasteiger partial charge on any atom is 0.224 e. The zero-order valence-corrected chi connectivity index (χ0v) is 44.9. The van der Waals surface area contributed by atoms with E-state index in [1.807, 2.05) is 4.90 Å². The molecule has 0 saturated carbocycles. The molecule has 0 fully saturated rings. The van der Waals surface area contributed by atoms with Gasteiger partial charge in [-0.25, -0.2) is 0 Å². The third-order valence-corrected chi connectivity index (χ3v) is 12.5. The van der Waals surface area contributed by atoms with Crippen LogP contribution in [-0.4, -0.2) is 109 Å². The fourth-order valence-corrected chi connectivity index (χ4v) is 8.23. The van der Waals surface area contributed by atoms with Gasteiger partial charge in [-0.05, 0) is 70.6 Å². The van der Waals surface area contributed by atoms with E-state index < -0.39 is 0 Å². The Labute approximate surface area is 416 Å². The molecule has 0 aliphatic carbocycles. The minimum Gasteiger partial charge on any atom is -0.379 e. The van der Waals surface area contributed by atoms with Crippen LogP contribution in [0, 0.1) is 0 Å². The van der Waals surface area contributed by atoms with E-state index >= 15 is 0 Å². The molecule has 0 heterocycles. The van der Waals surface area contributed by atoms with Gasteiger partial charge in [-0.3, -0.25) is 4.79 Å². The molecule has 0 radical (unpaired) electrons. The summed E-state index contributed by atoms with van der Waals surface area (Å²) >= 11 is 0. The van der Waals surface area contributed by atoms with Crippen LogP contribution >= 0.6 is 0 Å². The molecule has 398 valence electrons. The zero-order valence-electron chi connectivity index (χ0n) is 44.9. The van der Waals surface area contributed by atoms with Gasteiger partial charge in [0.1, 0.15) is 0 Å². The summed E-state index contributed by atoms with van der Waals surface area (Å²) in [6.07, 6.45) is 53.4. The number of nitrogens with zero attached hydrogens (tertiary/aromatic N) is 1. The van der Waals surface area contributed by atoms with Gasteiger partial charge in [-0.1, -0.05) is 193 Å². The molecule has 1 unspecified atom stereocenters. The highest BCUT2D eigenvalue weighted by molar-refractivity contribution is 5.76. The topological polar surface area (TPSA) is 102 Å². The van der Waals surface area contributed by atoms with Crippen molar-refractivity contribution in [2.24, 2.45) is 5.73 Å². The van der Waals surface area contributed by atoms with E-state index in [9.17, 15) is 4.79 Å². The molecule has 1 amide bonds. The predicted octanol–water partition coefficient (Wildman–Crippen LogP) is 15.1.